The molecule has 9 nitrogen and oxygen atoms in total. The van der Waals surface area contributed by atoms with E-state index in [-0.39, 0.29) is 24.4 Å². The van der Waals surface area contributed by atoms with E-state index in [1.807, 2.05) is 0 Å². The number of benzene rings is 2. The lowest BCUT2D eigenvalue weighted by molar-refractivity contribution is -0.116. The molecule has 4 aromatic rings. The molecule has 2 heterocycles. The molecule has 4 rings (SSSR count). The number of aryl methyl sites for hydroxylation is 1. The predicted octanol–water partition coefficient (Wildman–Crippen LogP) is 3.59. The van der Waals surface area contributed by atoms with Crippen LogP contribution in [0, 0.1) is 0 Å². The first-order valence-electron chi connectivity index (χ1n) is 9.71. The fourth-order valence-electron chi connectivity index (χ4n) is 3.47. The third-order valence-electron chi connectivity index (χ3n) is 5.09. The first kappa shape index (κ1) is 21.5. The van der Waals surface area contributed by atoms with Crippen LogP contribution in [0.1, 0.15) is 6.42 Å². The number of nitrogens with zero attached hydrogens (tertiary/aromatic N) is 2. The van der Waals surface area contributed by atoms with Gasteiger partial charge in [0.05, 0.1) is 38.2 Å². The molecule has 2 N–H and O–H groups in total. The molecule has 0 radical (unpaired) electrons. The Labute approximate surface area is 187 Å². The number of carbonyl (C=O) groups excluding carboxylic acids is 1. The van der Waals surface area contributed by atoms with E-state index in [2.05, 4.69) is 15.3 Å². The summed E-state index contributed by atoms with van der Waals surface area (Å²) in [6.07, 6.45) is 1.52. The molecule has 0 bridgehead atoms. The summed E-state index contributed by atoms with van der Waals surface area (Å²) in [5.41, 5.74) is 1.85. The van der Waals surface area contributed by atoms with Gasteiger partial charge in [0.1, 0.15) is 16.8 Å². The third-order valence-corrected chi connectivity index (χ3v) is 5.39. The molecule has 0 spiro atoms. The van der Waals surface area contributed by atoms with Crippen molar-refractivity contribution in [3.8, 4) is 17.2 Å². The van der Waals surface area contributed by atoms with Crippen LogP contribution >= 0.6 is 11.6 Å². The molecule has 0 aliphatic rings. The molecule has 0 fully saturated rings. The summed E-state index contributed by atoms with van der Waals surface area (Å²) in [4.78, 5) is 32.8. The van der Waals surface area contributed by atoms with Crippen molar-refractivity contribution in [2.45, 2.75) is 13.0 Å². The number of hydrogen-bond donors (Lipinski definition) is 2. The van der Waals surface area contributed by atoms with Gasteiger partial charge in [-0.2, -0.15) is 0 Å². The second kappa shape index (κ2) is 8.80. The molecule has 0 aliphatic carbocycles. The van der Waals surface area contributed by atoms with E-state index >= 15 is 0 Å². The van der Waals surface area contributed by atoms with Gasteiger partial charge in [-0.05, 0) is 24.3 Å². The highest BCUT2D eigenvalue weighted by Crippen LogP contribution is 2.34. The van der Waals surface area contributed by atoms with Gasteiger partial charge in [0.15, 0.2) is 11.5 Å². The van der Waals surface area contributed by atoms with Crippen molar-refractivity contribution in [3.05, 3.63) is 52.0 Å². The van der Waals surface area contributed by atoms with E-state index < -0.39 is 0 Å². The van der Waals surface area contributed by atoms with Crippen LogP contribution < -0.4 is 25.1 Å². The number of rotatable bonds is 7. The second-order valence-electron chi connectivity index (χ2n) is 6.99. The number of nitrogens with one attached hydrogen (secondary N) is 2. The van der Waals surface area contributed by atoms with Gasteiger partial charge in [0.2, 0.25) is 5.91 Å². The minimum absolute atomic E-state index is 0.0820. The van der Waals surface area contributed by atoms with Gasteiger partial charge in [-0.25, -0.2) is 4.98 Å². The van der Waals surface area contributed by atoms with Crippen molar-refractivity contribution in [1.82, 2.24) is 14.5 Å². The van der Waals surface area contributed by atoms with Crippen molar-refractivity contribution in [1.29, 1.82) is 0 Å². The zero-order chi connectivity index (χ0) is 22.8. The zero-order valence-electron chi connectivity index (χ0n) is 17.7. The van der Waals surface area contributed by atoms with Gasteiger partial charge < -0.3 is 24.5 Å². The van der Waals surface area contributed by atoms with Crippen LogP contribution in [0.4, 0.5) is 5.69 Å². The van der Waals surface area contributed by atoms with Gasteiger partial charge in [-0.1, -0.05) is 11.6 Å². The summed E-state index contributed by atoms with van der Waals surface area (Å²) in [7, 11) is 4.61. The number of fused-ring (bicyclic) bond motifs is 3. The topological polar surface area (TPSA) is 107 Å². The van der Waals surface area contributed by atoms with E-state index in [0.717, 1.165) is 5.39 Å². The first-order chi connectivity index (χ1) is 15.4. The molecule has 0 atom stereocenters. The molecule has 10 heteroatoms. The summed E-state index contributed by atoms with van der Waals surface area (Å²) in [5.74, 6) is 1.35. The lowest BCUT2D eigenvalue weighted by atomic mass is 10.2. The minimum Gasteiger partial charge on any atom is -0.495 e. The molecule has 2 aromatic heterocycles. The zero-order valence-corrected chi connectivity index (χ0v) is 18.4. The van der Waals surface area contributed by atoms with Crippen molar-refractivity contribution >= 4 is 45.1 Å². The number of halogens is 1. The Morgan fingerprint density at radius 2 is 1.81 bits per heavy atom. The number of methoxy groups -OCH3 is 3. The number of hydrogen-bond acceptors (Lipinski definition) is 6. The molecule has 0 unspecified atom stereocenters. The number of amides is 1. The van der Waals surface area contributed by atoms with Crippen LogP contribution in [-0.4, -0.2) is 41.8 Å². The molecule has 0 aliphatic heterocycles. The van der Waals surface area contributed by atoms with Crippen molar-refractivity contribution in [2.24, 2.45) is 0 Å². The van der Waals surface area contributed by atoms with Crippen LogP contribution in [0.3, 0.4) is 0 Å². The second-order valence-corrected chi connectivity index (χ2v) is 7.40. The lowest BCUT2D eigenvalue weighted by Crippen LogP contribution is -2.23. The van der Waals surface area contributed by atoms with Crippen molar-refractivity contribution in [3.63, 3.8) is 0 Å². The molecule has 0 saturated heterocycles. The average molecular weight is 457 g/mol. The van der Waals surface area contributed by atoms with Crippen LogP contribution in [-0.2, 0) is 11.3 Å². The Morgan fingerprint density at radius 3 is 2.50 bits per heavy atom. The van der Waals surface area contributed by atoms with Gasteiger partial charge in [-0.3, -0.25) is 14.2 Å². The summed E-state index contributed by atoms with van der Waals surface area (Å²) >= 11 is 6.08. The molecular weight excluding hydrogens is 436 g/mol. The highest BCUT2D eigenvalue weighted by molar-refractivity contribution is 6.32. The summed E-state index contributed by atoms with van der Waals surface area (Å²) < 4.78 is 17.2. The highest BCUT2D eigenvalue weighted by atomic mass is 35.5. The maximum Gasteiger partial charge on any atom is 0.277 e. The van der Waals surface area contributed by atoms with E-state index in [9.17, 15) is 9.59 Å². The third kappa shape index (κ3) is 3.94. The fourth-order valence-corrected chi connectivity index (χ4v) is 3.73. The monoisotopic (exact) mass is 456 g/mol. The number of ether oxygens (including phenoxy) is 3. The summed E-state index contributed by atoms with van der Waals surface area (Å²) in [6.45, 7) is 0.166. The van der Waals surface area contributed by atoms with Gasteiger partial charge >= 0.3 is 0 Å². The highest BCUT2D eigenvalue weighted by Gasteiger charge is 2.15. The largest absolute Gasteiger partial charge is 0.495 e. The van der Waals surface area contributed by atoms with Crippen LogP contribution in [0.5, 0.6) is 17.2 Å². The first-order valence-corrected chi connectivity index (χ1v) is 10.1. The molecule has 0 saturated carbocycles. The predicted molar refractivity (Wildman–Crippen MR) is 122 cm³/mol. The van der Waals surface area contributed by atoms with Crippen molar-refractivity contribution < 1.29 is 19.0 Å². The van der Waals surface area contributed by atoms with Gasteiger partial charge in [-0.15, -0.1) is 0 Å². The van der Waals surface area contributed by atoms with Crippen LogP contribution in [0.15, 0.2) is 41.5 Å². The number of aromatic nitrogens is 3. The molecule has 2 aromatic carbocycles. The van der Waals surface area contributed by atoms with E-state index in [0.29, 0.717) is 44.5 Å². The standard InChI is InChI=1S/C22H21ClN4O5/c1-30-16-5-4-12(8-14(16)23)25-19(28)6-7-27-11-24-20-13-9-17(31-2)18(32-3)10-15(13)26-21(20)22(27)29/h4-5,8-11,26H,6-7H2,1-3H3,(H,25,28). The quantitative estimate of drug-likeness (QED) is 0.440. The number of H-pyrrole nitrogens is 1. The van der Waals surface area contributed by atoms with Gasteiger partial charge in [0, 0.05) is 30.1 Å². The van der Waals surface area contributed by atoms with Crippen LogP contribution in [0.25, 0.3) is 21.9 Å². The van der Waals surface area contributed by atoms with E-state index in [4.69, 9.17) is 25.8 Å². The lowest BCUT2D eigenvalue weighted by Gasteiger charge is -2.09. The summed E-state index contributed by atoms with van der Waals surface area (Å²) in [6, 6.07) is 8.49. The Morgan fingerprint density at radius 1 is 1.09 bits per heavy atom. The Bertz CT molecular complexity index is 1380. The maximum absolute atomic E-state index is 13.0. The minimum atomic E-state index is -0.274. The average Bonchev–Trinajstić information content (AvgIpc) is 3.16. The van der Waals surface area contributed by atoms with E-state index in [1.54, 1.807) is 44.6 Å². The molecule has 166 valence electrons. The normalized spacial score (nSPS) is 11.0. The fraction of sp³-hybridized carbons (Fsp3) is 0.227. The van der Waals surface area contributed by atoms with Crippen LogP contribution in [0.2, 0.25) is 5.02 Å². The Balaban J connectivity index is 1.55. The van der Waals surface area contributed by atoms with Gasteiger partial charge in [0.25, 0.3) is 5.56 Å². The molecule has 1 amide bonds. The molecular formula is C22H21ClN4O5. The summed E-state index contributed by atoms with van der Waals surface area (Å²) in [5, 5.41) is 3.90. The SMILES string of the molecule is COc1ccc(NC(=O)CCn2cnc3c([nH]c4cc(OC)c(OC)cc43)c2=O)cc1Cl. The number of carbonyl (C=O) groups is 1. The Hall–Kier alpha value is -3.72. The maximum atomic E-state index is 13.0. The Kier molecular flexibility index (Phi) is 5.91. The smallest absolute Gasteiger partial charge is 0.277 e. The van der Waals surface area contributed by atoms with Crippen molar-refractivity contribution in [2.75, 3.05) is 26.6 Å². The molecule has 32 heavy (non-hydrogen) atoms. The number of anilines is 1. The number of aromatic amines is 1. The van der Waals surface area contributed by atoms with E-state index in [1.165, 1.54) is 18.0 Å².